The first-order chi connectivity index (χ1) is 13.1. The second-order valence-corrected chi connectivity index (χ2v) is 6.62. The molecule has 7 heteroatoms. The number of nitrogens with one attached hydrogen (secondary N) is 2. The first-order valence-electron chi connectivity index (χ1n) is 8.79. The molecular weight excluding hydrogens is 368 g/mol. The smallest absolute Gasteiger partial charge is 0.262 e. The number of amides is 2. The van der Waals surface area contributed by atoms with Crippen molar-refractivity contribution < 1.29 is 19.1 Å². The van der Waals surface area contributed by atoms with Gasteiger partial charge in [0.2, 0.25) is 0 Å². The van der Waals surface area contributed by atoms with Crippen molar-refractivity contribution in [1.29, 1.82) is 0 Å². The Morgan fingerprint density at radius 1 is 1.19 bits per heavy atom. The van der Waals surface area contributed by atoms with Crippen LogP contribution in [0.15, 0.2) is 48.5 Å². The highest BCUT2D eigenvalue weighted by Gasteiger charge is 2.18. The highest BCUT2D eigenvalue weighted by molar-refractivity contribution is 6.30. The number of hydrogen-bond acceptors (Lipinski definition) is 4. The van der Waals surface area contributed by atoms with Crippen LogP contribution < -0.4 is 15.4 Å². The van der Waals surface area contributed by atoms with E-state index in [1.54, 1.807) is 48.5 Å². The molecule has 142 valence electrons. The largest absolute Gasteiger partial charge is 0.484 e. The topological polar surface area (TPSA) is 76.7 Å². The molecule has 0 radical (unpaired) electrons. The highest BCUT2D eigenvalue weighted by atomic mass is 35.5. The zero-order chi connectivity index (χ0) is 19.1. The van der Waals surface area contributed by atoms with Crippen molar-refractivity contribution in [1.82, 2.24) is 5.32 Å². The molecule has 0 aromatic heterocycles. The molecule has 1 heterocycles. The van der Waals surface area contributed by atoms with Crippen LogP contribution in [0.1, 0.15) is 23.2 Å². The van der Waals surface area contributed by atoms with Crippen LogP contribution in [-0.2, 0) is 9.53 Å². The van der Waals surface area contributed by atoms with E-state index in [0.717, 1.165) is 19.4 Å². The van der Waals surface area contributed by atoms with Crippen LogP contribution in [0.25, 0.3) is 0 Å². The van der Waals surface area contributed by atoms with Crippen LogP contribution in [0.4, 0.5) is 5.69 Å². The quantitative estimate of drug-likeness (QED) is 0.763. The minimum absolute atomic E-state index is 0.0572. The van der Waals surface area contributed by atoms with Crippen LogP contribution in [0.2, 0.25) is 5.02 Å². The summed E-state index contributed by atoms with van der Waals surface area (Å²) in [6, 6.07) is 13.6. The maximum absolute atomic E-state index is 12.5. The number of carbonyl (C=O) groups excluding carboxylic acids is 2. The lowest BCUT2D eigenvalue weighted by molar-refractivity contribution is -0.118. The third-order valence-electron chi connectivity index (χ3n) is 4.13. The molecule has 1 saturated heterocycles. The average Bonchev–Trinajstić information content (AvgIpc) is 3.19. The SMILES string of the molecule is O=C(COc1cccc(Cl)c1)Nc1ccccc1C(=O)NC[C@H]1CCCO1. The Kier molecular flexibility index (Phi) is 6.68. The predicted octanol–water partition coefficient (Wildman–Crippen LogP) is 3.27. The van der Waals surface area contributed by atoms with Crippen molar-refractivity contribution in [3.05, 3.63) is 59.1 Å². The summed E-state index contributed by atoms with van der Waals surface area (Å²) in [5, 5.41) is 6.10. The molecule has 1 aliphatic rings. The fourth-order valence-electron chi connectivity index (χ4n) is 2.79. The number of rotatable bonds is 7. The summed E-state index contributed by atoms with van der Waals surface area (Å²) < 4.78 is 10.9. The highest BCUT2D eigenvalue weighted by Crippen LogP contribution is 2.18. The molecule has 27 heavy (non-hydrogen) atoms. The Morgan fingerprint density at radius 2 is 2.04 bits per heavy atom. The summed E-state index contributed by atoms with van der Waals surface area (Å²) in [7, 11) is 0. The fourth-order valence-corrected chi connectivity index (χ4v) is 2.97. The van der Waals surface area contributed by atoms with Crippen molar-refractivity contribution >= 4 is 29.1 Å². The first kappa shape index (κ1) is 19.2. The monoisotopic (exact) mass is 388 g/mol. The van der Waals surface area contributed by atoms with Crippen LogP contribution in [0, 0.1) is 0 Å². The average molecular weight is 389 g/mol. The van der Waals surface area contributed by atoms with Gasteiger partial charge in [0.15, 0.2) is 6.61 Å². The van der Waals surface area contributed by atoms with E-state index in [1.807, 2.05) is 0 Å². The number of anilines is 1. The van der Waals surface area contributed by atoms with E-state index in [2.05, 4.69) is 10.6 Å². The van der Waals surface area contributed by atoms with Gasteiger partial charge in [-0.15, -0.1) is 0 Å². The number of benzene rings is 2. The minimum atomic E-state index is -0.366. The number of ether oxygens (including phenoxy) is 2. The Labute approximate surface area is 162 Å². The molecule has 2 amide bonds. The van der Waals surface area contributed by atoms with E-state index < -0.39 is 0 Å². The Bertz CT molecular complexity index is 806. The van der Waals surface area contributed by atoms with E-state index in [-0.39, 0.29) is 24.5 Å². The van der Waals surface area contributed by atoms with Gasteiger partial charge < -0.3 is 20.1 Å². The van der Waals surface area contributed by atoms with Crippen molar-refractivity contribution in [2.75, 3.05) is 25.1 Å². The van der Waals surface area contributed by atoms with Gasteiger partial charge in [0.05, 0.1) is 17.4 Å². The molecule has 0 aliphatic carbocycles. The molecule has 2 aromatic carbocycles. The van der Waals surface area contributed by atoms with E-state index >= 15 is 0 Å². The van der Waals surface area contributed by atoms with Gasteiger partial charge >= 0.3 is 0 Å². The van der Waals surface area contributed by atoms with E-state index in [1.165, 1.54) is 0 Å². The van der Waals surface area contributed by atoms with Crippen molar-refractivity contribution in [3.8, 4) is 5.75 Å². The summed E-state index contributed by atoms with van der Waals surface area (Å²) in [4.78, 5) is 24.6. The molecule has 2 aromatic rings. The lowest BCUT2D eigenvalue weighted by Crippen LogP contribution is -2.32. The van der Waals surface area contributed by atoms with Gasteiger partial charge in [0.1, 0.15) is 5.75 Å². The second-order valence-electron chi connectivity index (χ2n) is 6.18. The summed E-state index contributed by atoms with van der Waals surface area (Å²) in [6.07, 6.45) is 2.01. The number of halogens is 1. The van der Waals surface area contributed by atoms with Crippen LogP contribution >= 0.6 is 11.6 Å². The molecule has 0 unspecified atom stereocenters. The van der Waals surface area contributed by atoms with E-state index in [0.29, 0.717) is 28.6 Å². The van der Waals surface area contributed by atoms with E-state index in [9.17, 15) is 9.59 Å². The molecule has 0 saturated carbocycles. The summed E-state index contributed by atoms with van der Waals surface area (Å²) in [5.41, 5.74) is 0.827. The minimum Gasteiger partial charge on any atom is -0.484 e. The van der Waals surface area contributed by atoms with Crippen molar-refractivity contribution in [2.24, 2.45) is 0 Å². The zero-order valence-electron chi connectivity index (χ0n) is 14.7. The maximum atomic E-state index is 12.5. The van der Waals surface area contributed by atoms with E-state index in [4.69, 9.17) is 21.1 Å². The normalized spacial score (nSPS) is 16.0. The molecule has 3 rings (SSSR count). The van der Waals surface area contributed by atoms with Gasteiger partial charge in [-0.05, 0) is 43.2 Å². The van der Waals surface area contributed by atoms with Crippen molar-refractivity contribution in [2.45, 2.75) is 18.9 Å². The third-order valence-corrected chi connectivity index (χ3v) is 4.36. The number of carbonyl (C=O) groups is 2. The Morgan fingerprint density at radius 3 is 2.81 bits per heavy atom. The second kappa shape index (κ2) is 9.39. The van der Waals surface area contributed by atoms with Gasteiger partial charge in [-0.25, -0.2) is 0 Å². The van der Waals surface area contributed by atoms with Gasteiger partial charge in [-0.2, -0.15) is 0 Å². The molecule has 0 bridgehead atoms. The van der Waals surface area contributed by atoms with Crippen LogP contribution in [0.3, 0.4) is 0 Å². The fraction of sp³-hybridized carbons (Fsp3) is 0.300. The summed E-state index contributed by atoms with van der Waals surface area (Å²) in [6.45, 7) is 1.00. The van der Waals surface area contributed by atoms with Gasteiger partial charge in [-0.1, -0.05) is 29.8 Å². The van der Waals surface area contributed by atoms with Crippen LogP contribution in [-0.4, -0.2) is 37.7 Å². The molecule has 1 aliphatic heterocycles. The summed E-state index contributed by atoms with van der Waals surface area (Å²) in [5.74, 6) is -0.119. The lowest BCUT2D eigenvalue weighted by Gasteiger charge is -2.14. The molecule has 0 spiro atoms. The molecule has 1 fully saturated rings. The third kappa shape index (κ3) is 5.70. The lowest BCUT2D eigenvalue weighted by atomic mass is 10.1. The Hall–Kier alpha value is -2.57. The van der Waals surface area contributed by atoms with Gasteiger partial charge in [0.25, 0.3) is 11.8 Å². The molecule has 1 atom stereocenters. The number of hydrogen-bond donors (Lipinski definition) is 2. The van der Waals surface area contributed by atoms with Gasteiger partial charge in [-0.3, -0.25) is 9.59 Å². The molecule has 2 N–H and O–H groups in total. The van der Waals surface area contributed by atoms with Crippen molar-refractivity contribution in [3.63, 3.8) is 0 Å². The van der Waals surface area contributed by atoms with Crippen LogP contribution in [0.5, 0.6) is 5.75 Å². The van der Waals surface area contributed by atoms with Gasteiger partial charge in [0, 0.05) is 18.2 Å². The maximum Gasteiger partial charge on any atom is 0.262 e. The number of para-hydroxylation sites is 1. The Balaban J connectivity index is 1.56. The molecular formula is C20H21ClN2O4. The first-order valence-corrected chi connectivity index (χ1v) is 9.16. The zero-order valence-corrected chi connectivity index (χ0v) is 15.5. The molecule has 6 nitrogen and oxygen atoms in total. The summed E-state index contributed by atoms with van der Waals surface area (Å²) >= 11 is 5.89. The predicted molar refractivity (Wildman–Crippen MR) is 103 cm³/mol. The standard InChI is InChI=1S/C20H21ClN2O4/c21-14-5-3-6-15(11-14)27-13-19(24)23-18-9-2-1-8-17(18)20(25)22-12-16-7-4-10-26-16/h1-3,5-6,8-9,11,16H,4,7,10,12-13H2,(H,22,25)(H,23,24)/t16-/m1/s1.